The summed E-state index contributed by atoms with van der Waals surface area (Å²) in [6.45, 7) is 3.50. The van der Waals surface area contributed by atoms with Crippen molar-refractivity contribution < 1.29 is 23.2 Å². The molecule has 1 aliphatic heterocycles. The maximum atomic E-state index is 12.4. The van der Waals surface area contributed by atoms with Crippen LogP contribution in [0.15, 0.2) is 57.7 Å². The van der Waals surface area contributed by atoms with Crippen molar-refractivity contribution in [1.29, 1.82) is 0 Å². The molecule has 164 valence electrons. The minimum absolute atomic E-state index is 0.204. The fraction of sp³-hybridized carbons (Fsp3) is 0.391. The van der Waals surface area contributed by atoms with Gasteiger partial charge in [-0.2, -0.15) is 0 Å². The van der Waals surface area contributed by atoms with Crippen LogP contribution in [0, 0.1) is 0 Å². The van der Waals surface area contributed by atoms with Gasteiger partial charge in [-0.1, -0.05) is 17.3 Å². The number of hydrogen-bond acceptors (Lipinski definition) is 7. The van der Waals surface area contributed by atoms with E-state index >= 15 is 0 Å². The molecule has 0 spiro atoms. The molecular formula is C23H27N3O5. The van der Waals surface area contributed by atoms with Crippen molar-refractivity contribution in [3.8, 4) is 17.3 Å². The Labute approximate surface area is 181 Å². The Hall–Kier alpha value is -3.10. The standard InChI is InChI=1S/C23H27N3O5/c1-26(18-7-11-28-12-8-18)9-13-29-19-5-2-4-17(14-19)16-24-23(27)20-15-22(31-25-20)21-6-3-10-30-21/h2-6,10,14-15,18H,7-9,11-13,16H2,1H3,(H,24,27). The van der Waals surface area contributed by atoms with Gasteiger partial charge in [0.05, 0.1) is 6.26 Å². The van der Waals surface area contributed by atoms with Gasteiger partial charge >= 0.3 is 0 Å². The quantitative estimate of drug-likeness (QED) is 0.562. The number of rotatable bonds is 9. The lowest BCUT2D eigenvalue weighted by atomic mass is 10.1. The van der Waals surface area contributed by atoms with Gasteiger partial charge < -0.3 is 23.7 Å². The Morgan fingerprint density at radius 2 is 2.06 bits per heavy atom. The Balaban J connectivity index is 1.24. The first-order valence-corrected chi connectivity index (χ1v) is 10.5. The molecule has 0 saturated carbocycles. The Kier molecular flexibility index (Phi) is 7.01. The predicted octanol–water partition coefficient (Wildman–Crippen LogP) is 3.35. The summed E-state index contributed by atoms with van der Waals surface area (Å²) in [6, 6.07) is 13.3. The zero-order valence-electron chi connectivity index (χ0n) is 17.6. The van der Waals surface area contributed by atoms with Crippen molar-refractivity contribution in [2.75, 3.05) is 33.4 Å². The third-order valence-electron chi connectivity index (χ3n) is 5.39. The summed E-state index contributed by atoms with van der Waals surface area (Å²) in [5.74, 6) is 1.41. The molecule has 31 heavy (non-hydrogen) atoms. The first kappa shape index (κ1) is 21.1. The third kappa shape index (κ3) is 5.74. The number of furan rings is 1. The van der Waals surface area contributed by atoms with E-state index in [2.05, 4.69) is 22.4 Å². The summed E-state index contributed by atoms with van der Waals surface area (Å²) in [7, 11) is 2.13. The van der Waals surface area contributed by atoms with Crippen LogP contribution >= 0.6 is 0 Å². The molecule has 3 heterocycles. The number of amides is 1. The van der Waals surface area contributed by atoms with E-state index in [1.54, 1.807) is 18.2 Å². The highest BCUT2D eigenvalue weighted by Crippen LogP contribution is 2.20. The van der Waals surface area contributed by atoms with Crippen molar-refractivity contribution in [3.05, 3.63) is 60.0 Å². The van der Waals surface area contributed by atoms with Gasteiger partial charge in [0.1, 0.15) is 12.4 Å². The second-order valence-electron chi connectivity index (χ2n) is 7.56. The largest absolute Gasteiger partial charge is 0.492 e. The van der Waals surface area contributed by atoms with Crippen molar-refractivity contribution in [1.82, 2.24) is 15.4 Å². The summed E-state index contributed by atoms with van der Waals surface area (Å²) in [5, 5.41) is 6.66. The van der Waals surface area contributed by atoms with Gasteiger partial charge in [0.15, 0.2) is 11.5 Å². The van der Waals surface area contributed by atoms with Gasteiger partial charge in [0, 0.05) is 38.4 Å². The first-order valence-electron chi connectivity index (χ1n) is 10.5. The lowest BCUT2D eigenvalue weighted by Gasteiger charge is -2.31. The average Bonchev–Trinajstić information content (AvgIpc) is 3.50. The van der Waals surface area contributed by atoms with Crippen LogP contribution in [0.4, 0.5) is 0 Å². The number of carbonyl (C=O) groups excluding carboxylic acids is 1. The second kappa shape index (κ2) is 10.3. The molecule has 1 N–H and O–H groups in total. The van der Waals surface area contributed by atoms with Crippen LogP contribution in [-0.4, -0.2) is 55.4 Å². The maximum absolute atomic E-state index is 12.4. The molecule has 2 aromatic heterocycles. The number of hydrogen-bond donors (Lipinski definition) is 1. The van der Waals surface area contributed by atoms with Crippen LogP contribution in [0.2, 0.25) is 0 Å². The van der Waals surface area contributed by atoms with E-state index in [1.165, 1.54) is 6.26 Å². The normalized spacial score (nSPS) is 14.6. The summed E-state index contributed by atoms with van der Waals surface area (Å²) >= 11 is 0. The van der Waals surface area contributed by atoms with E-state index in [0.29, 0.717) is 30.7 Å². The predicted molar refractivity (Wildman–Crippen MR) is 114 cm³/mol. The zero-order valence-corrected chi connectivity index (χ0v) is 17.6. The van der Waals surface area contributed by atoms with Crippen molar-refractivity contribution in [2.45, 2.75) is 25.4 Å². The molecule has 0 atom stereocenters. The maximum Gasteiger partial charge on any atom is 0.273 e. The van der Waals surface area contributed by atoms with Crippen LogP contribution in [0.3, 0.4) is 0 Å². The number of benzene rings is 1. The zero-order chi connectivity index (χ0) is 21.5. The molecule has 1 fully saturated rings. The molecule has 1 amide bonds. The van der Waals surface area contributed by atoms with Gasteiger partial charge in [0.25, 0.3) is 5.91 Å². The lowest BCUT2D eigenvalue weighted by molar-refractivity contribution is 0.0392. The molecule has 4 rings (SSSR count). The molecule has 3 aromatic rings. The lowest BCUT2D eigenvalue weighted by Crippen LogP contribution is -2.38. The van der Waals surface area contributed by atoms with E-state index in [0.717, 1.165) is 43.9 Å². The molecule has 8 heteroatoms. The highest BCUT2D eigenvalue weighted by Gasteiger charge is 2.18. The van der Waals surface area contributed by atoms with Crippen LogP contribution in [-0.2, 0) is 11.3 Å². The molecule has 1 aromatic carbocycles. The van der Waals surface area contributed by atoms with Crippen LogP contribution in [0.1, 0.15) is 28.9 Å². The van der Waals surface area contributed by atoms with Crippen molar-refractivity contribution in [2.24, 2.45) is 0 Å². The molecule has 0 aliphatic carbocycles. The third-order valence-corrected chi connectivity index (χ3v) is 5.39. The molecular weight excluding hydrogens is 398 g/mol. The molecule has 1 aliphatic rings. The monoisotopic (exact) mass is 425 g/mol. The Bertz CT molecular complexity index is 963. The number of aromatic nitrogens is 1. The van der Waals surface area contributed by atoms with E-state index in [4.69, 9.17) is 18.4 Å². The van der Waals surface area contributed by atoms with Gasteiger partial charge in [0.2, 0.25) is 5.76 Å². The van der Waals surface area contributed by atoms with Gasteiger partial charge in [-0.05, 0) is 49.7 Å². The fourth-order valence-corrected chi connectivity index (χ4v) is 3.55. The van der Waals surface area contributed by atoms with E-state index < -0.39 is 0 Å². The van der Waals surface area contributed by atoms with E-state index in [-0.39, 0.29) is 11.6 Å². The summed E-state index contributed by atoms with van der Waals surface area (Å²) < 4.78 is 21.8. The Morgan fingerprint density at radius 3 is 2.87 bits per heavy atom. The minimum atomic E-state index is -0.314. The molecule has 0 radical (unpaired) electrons. The first-order chi connectivity index (χ1) is 15.2. The van der Waals surface area contributed by atoms with Crippen LogP contribution in [0.5, 0.6) is 5.75 Å². The second-order valence-corrected chi connectivity index (χ2v) is 7.56. The minimum Gasteiger partial charge on any atom is -0.492 e. The van der Waals surface area contributed by atoms with Gasteiger partial charge in [-0.3, -0.25) is 9.69 Å². The molecule has 1 saturated heterocycles. The fourth-order valence-electron chi connectivity index (χ4n) is 3.55. The van der Waals surface area contributed by atoms with E-state index in [9.17, 15) is 4.79 Å². The average molecular weight is 425 g/mol. The highest BCUT2D eigenvalue weighted by atomic mass is 16.5. The number of likely N-dealkylation sites (N-methyl/N-ethyl adjacent to an activating group) is 1. The smallest absolute Gasteiger partial charge is 0.273 e. The van der Waals surface area contributed by atoms with Crippen LogP contribution < -0.4 is 10.1 Å². The van der Waals surface area contributed by atoms with Gasteiger partial charge in [-0.15, -0.1) is 0 Å². The van der Waals surface area contributed by atoms with Crippen molar-refractivity contribution in [3.63, 3.8) is 0 Å². The Morgan fingerprint density at radius 1 is 1.19 bits per heavy atom. The molecule has 0 unspecified atom stereocenters. The van der Waals surface area contributed by atoms with Gasteiger partial charge in [-0.25, -0.2) is 0 Å². The number of carbonyl (C=O) groups is 1. The van der Waals surface area contributed by atoms with E-state index in [1.807, 2.05) is 24.3 Å². The number of nitrogens with one attached hydrogen (secondary N) is 1. The SMILES string of the molecule is CN(CCOc1cccc(CNC(=O)c2cc(-c3ccco3)on2)c1)C1CCOCC1. The number of nitrogens with zero attached hydrogens (tertiary/aromatic N) is 2. The molecule has 8 nitrogen and oxygen atoms in total. The summed E-state index contributed by atoms with van der Waals surface area (Å²) in [4.78, 5) is 14.7. The topological polar surface area (TPSA) is 90.0 Å². The van der Waals surface area contributed by atoms with Crippen molar-refractivity contribution >= 4 is 5.91 Å². The summed E-state index contributed by atoms with van der Waals surface area (Å²) in [5.41, 5.74) is 1.15. The summed E-state index contributed by atoms with van der Waals surface area (Å²) in [6.07, 6.45) is 3.68. The highest BCUT2D eigenvalue weighted by molar-refractivity contribution is 5.92. The molecule has 0 bridgehead atoms. The van der Waals surface area contributed by atoms with Crippen LogP contribution in [0.25, 0.3) is 11.5 Å². The number of ether oxygens (including phenoxy) is 2.